The minimum atomic E-state index is -1.99. The molecule has 0 aliphatic carbocycles. The Morgan fingerprint density at radius 1 is 0.731 bits per heavy atom. The van der Waals surface area contributed by atoms with Crippen LogP contribution in [-0.2, 0) is 23.4 Å². The van der Waals surface area contributed by atoms with Crippen molar-refractivity contribution in [3.63, 3.8) is 0 Å². The summed E-state index contributed by atoms with van der Waals surface area (Å²) in [5.74, 6) is -0.208. The number of esters is 1. The van der Waals surface area contributed by atoms with Crippen LogP contribution >= 0.6 is 0 Å². The van der Waals surface area contributed by atoms with E-state index in [1.165, 1.54) is 44.9 Å². The molecule has 9 heteroatoms. The van der Waals surface area contributed by atoms with Gasteiger partial charge in [0.15, 0.2) is 8.32 Å². The molecular weight excluding hydrogens is 673 g/mol. The fourth-order valence-electron chi connectivity index (χ4n) is 7.98. The summed E-state index contributed by atoms with van der Waals surface area (Å²) in [6, 6.07) is 0. The Labute approximate surface area is 319 Å². The largest absolute Gasteiger partial charge is 0.455 e. The summed E-state index contributed by atoms with van der Waals surface area (Å²) in [5.41, 5.74) is 0.743. The lowest BCUT2D eigenvalue weighted by atomic mass is 9.99. The Morgan fingerprint density at radius 3 is 1.71 bits per heavy atom. The summed E-state index contributed by atoms with van der Waals surface area (Å²) in [4.78, 5) is 12.3. The fourth-order valence-corrected chi connectivity index (χ4v) is 9.37. The molecule has 0 aromatic carbocycles. The number of hydrogen-bond acceptors (Lipinski definition) is 8. The highest BCUT2D eigenvalue weighted by atomic mass is 28.4. The molecule has 3 aliphatic rings. The van der Waals surface area contributed by atoms with Crippen molar-refractivity contribution in [2.24, 2.45) is 0 Å². The zero-order chi connectivity index (χ0) is 38.1. The predicted octanol–water partition coefficient (Wildman–Crippen LogP) is 9.86. The highest BCUT2D eigenvalue weighted by Gasteiger charge is 2.41. The van der Waals surface area contributed by atoms with Crippen molar-refractivity contribution in [1.29, 1.82) is 0 Å². The number of ether oxygens (including phenoxy) is 3. The summed E-state index contributed by atoms with van der Waals surface area (Å²) in [6.07, 6.45) is 23.4. The first kappa shape index (κ1) is 45.6. The topological polar surface area (TPSA) is 115 Å². The monoisotopic (exact) mass is 753 g/mol. The number of cyclic esters (lactones) is 1. The predicted molar refractivity (Wildman–Crippen MR) is 213 cm³/mol. The summed E-state index contributed by atoms with van der Waals surface area (Å²) in [7, 11) is -1.99. The van der Waals surface area contributed by atoms with Gasteiger partial charge in [0.05, 0.1) is 42.7 Å². The molecule has 304 valence electrons. The standard InChI is InChI=1S/C43H80O8Si/c1-8-9-10-11-12-13-14-18-24-36(45)38-26-28-40(49-38)41-29-27-39(50-41)37(46)25-20-19-22-34(44)21-16-15-17-23-35(51-52(6,7)43(3,4)5)31-33-30-32(2)48-42(33)47/h30,32,34-41,44-46H,8-29,31H2,1-7H3/t32-,34+,35+,36+,37+,38+,39+,40-,41+/m0/s1. The molecule has 2 fully saturated rings. The average molecular weight is 753 g/mol. The molecule has 0 amide bonds. The molecule has 0 aromatic heterocycles. The first-order chi connectivity index (χ1) is 24.7. The highest BCUT2D eigenvalue weighted by Crippen LogP contribution is 2.39. The Hall–Kier alpha value is -0.813. The van der Waals surface area contributed by atoms with E-state index in [1.54, 1.807) is 0 Å². The normalized spacial score (nSPS) is 26.4. The van der Waals surface area contributed by atoms with Gasteiger partial charge in [-0.1, -0.05) is 111 Å². The van der Waals surface area contributed by atoms with Gasteiger partial charge in [0.2, 0.25) is 0 Å². The van der Waals surface area contributed by atoms with E-state index in [-0.39, 0.29) is 59.8 Å². The van der Waals surface area contributed by atoms with Crippen LogP contribution < -0.4 is 0 Å². The van der Waals surface area contributed by atoms with E-state index in [0.29, 0.717) is 12.8 Å². The fraction of sp³-hybridized carbons (Fsp3) is 0.930. The lowest BCUT2D eigenvalue weighted by Crippen LogP contribution is -2.44. The van der Waals surface area contributed by atoms with E-state index in [2.05, 4.69) is 40.8 Å². The second-order valence-corrected chi connectivity index (χ2v) is 22.8. The first-order valence-electron chi connectivity index (χ1n) is 21.6. The van der Waals surface area contributed by atoms with Gasteiger partial charge in [0.1, 0.15) is 6.10 Å². The summed E-state index contributed by atoms with van der Waals surface area (Å²) < 4.78 is 24.7. The minimum Gasteiger partial charge on any atom is -0.455 e. The van der Waals surface area contributed by atoms with E-state index >= 15 is 0 Å². The number of rotatable bonds is 27. The third kappa shape index (κ3) is 16.1. The molecule has 0 bridgehead atoms. The molecule has 9 atom stereocenters. The lowest BCUT2D eigenvalue weighted by molar-refractivity contribution is -0.139. The van der Waals surface area contributed by atoms with Gasteiger partial charge in [-0.25, -0.2) is 4.79 Å². The summed E-state index contributed by atoms with van der Waals surface area (Å²) >= 11 is 0. The molecule has 0 radical (unpaired) electrons. The van der Waals surface area contributed by atoms with Crippen LogP contribution in [0.25, 0.3) is 0 Å². The first-order valence-corrected chi connectivity index (χ1v) is 24.6. The highest BCUT2D eigenvalue weighted by molar-refractivity contribution is 6.74. The Bertz CT molecular complexity index is 1030. The van der Waals surface area contributed by atoms with Crippen molar-refractivity contribution >= 4 is 14.3 Å². The summed E-state index contributed by atoms with van der Waals surface area (Å²) in [5, 5.41) is 32.4. The SMILES string of the molecule is CCCCCCCCCC[C@@H](O)[C@H]1CC[C@@H]([C@H]2CC[C@H]([C@H](O)CCCC[C@H](O)CCCCC[C@H](CC3=C[C@H](C)OC3=O)O[Si](C)(C)C(C)(C)C)O2)O1. The molecule has 3 N–H and O–H groups in total. The Kier molecular flexibility index (Phi) is 20.4. The van der Waals surface area contributed by atoms with E-state index in [0.717, 1.165) is 95.5 Å². The van der Waals surface area contributed by atoms with Gasteiger partial charge in [-0.3, -0.25) is 0 Å². The number of aliphatic hydroxyl groups excluding tert-OH is 3. The second kappa shape index (κ2) is 23.3. The maximum Gasteiger partial charge on any atom is 0.334 e. The number of carbonyl (C=O) groups excluding carboxylic acids is 1. The molecule has 0 aromatic rings. The van der Waals surface area contributed by atoms with E-state index < -0.39 is 14.4 Å². The van der Waals surface area contributed by atoms with E-state index in [1.807, 2.05) is 13.0 Å². The molecule has 2 saturated heterocycles. The summed E-state index contributed by atoms with van der Waals surface area (Å²) in [6.45, 7) is 15.4. The van der Waals surface area contributed by atoms with Crippen molar-refractivity contribution in [3.05, 3.63) is 11.6 Å². The molecule has 0 saturated carbocycles. The van der Waals surface area contributed by atoms with Crippen LogP contribution in [0.4, 0.5) is 0 Å². The molecular formula is C43H80O8Si. The number of unbranched alkanes of at least 4 members (excludes halogenated alkanes) is 10. The third-order valence-corrected chi connectivity index (χ3v) is 16.9. The zero-order valence-electron chi connectivity index (χ0n) is 34.4. The molecule has 3 aliphatic heterocycles. The molecule has 0 unspecified atom stereocenters. The lowest BCUT2D eigenvalue weighted by Gasteiger charge is -2.39. The van der Waals surface area contributed by atoms with Crippen molar-refractivity contribution in [1.82, 2.24) is 0 Å². The van der Waals surface area contributed by atoms with Crippen LogP contribution in [0.3, 0.4) is 0 Å². The van der Waals surface area contributed by atoms with Gasteiger partial charge in [-0.05, 0) is 88.9 Å². The smallest absolute Gasteiger partial charge is 0.334 e. The van der Waals surface area contributed by atoms with Crippen molar-refractivity contribution in [3.8, 4) is 0 Å². The van der Waals surface area contributed by atoms with Crippen LogP contribution in [0.2, 0.25) is 18.1 Å². The minimum absolute atomic E-state index is 0.00495. The van der Waals surface area contributed by atoms with Crippen molar-refractivity contribution < 1.29 is 38.8 Å². The molecule has 3 heterocycles. The number of hydrogen-bond donors (Lipinski definition) is 3. The quantitative estimate of drug-likeness (QED) is 0.0432. The molecule has 52 heavy (non-hydrogen) atoms. The number of aliphatic hydroxyl groups is 3. The molecule has 3 rings (SSSR count). The Morgan fingerprint density at radius 2 is 1.19 bits per heavy atom. The van der Waals surface area contributed by atoms with Crippen molar-refractivity contribution in [2.75, 3.05) is 0 Å². The second-order valence-electron chi connectivity index (χ2n) is 18.1. The van der Waals surface area contributed by atoms with Gasteiger partial charge in [0, 0.05) is 18.1 Å². The molecule has 0 spiro atoms. The van der Waals surface area contributed by atoms with Crippen LogP contribution in [-0.4, -0.2) is 84.5 Å². The maximum absolute atomic E-state index is 12.3. The van der Waals surface area contributed by atoms with E-state index in [9.17, 15) is 20.1 Å². The van der Waals surface area contributed by atoms with Gasteiger partial charge in [-0.15, -0.1) is 0 Å². The molecule has 8 nitrogen and oxygen atoms in total. The van der Waals surface area contributed by atoms with Gasteiger partial charge < -0.3 is 34.0 Å². The van der Waals surface area contributed by atoms with Gasteiger partial charge in [0.25, 0.3) is 0 Å². The maximum atomic E-state index is 12.3. The van der Waals surface area contributed by atoms with Gasteiger partial charge >= 0.3 is 5.97 Å². The van der Waals surface area contributed by atoms with Crippen LogP contribution in [0, 0.1) is 0 Å². The van der Waals surface area contributed by atoms with Gasteiger partial charge in [-0.2, -0.15) is 0 Å². The number of carbonyl (C=O) groups is 1. The van der Waals surface area contributed by atoms with E-state index in [4.69, 9.17) is 18.6 Å². The Balaban J connectivity index is 1.24. The van der Waals surface area contributed by atoms with Crippen LogP contribution in [0.1, 0.15) is 182 Å². The third-order valence-electron chi connectivity index (χ3n) is 12.4. The van der Waals surface area contributed by atoms with Crippen LogP contribution in [0.15, 0.2) is 11.6 Å². The zero-order valence-corrected chi connectivity index (χ0v) is 35.4. The average Bonchev–Trinajstić information content (AvgIpc) is 3.83. The van der Waals surface area contributed by atoms with Crippen molar-refractivity contribution in [2.45, 2.75) is 255 Å². The van der Waals surface area contributed by atoms with Crippen LogP contribution in [0.5, 0.6) is 0 Å².